The van der Waals surface area contributed by atoms with E-state index in [1.165, 1.54) is 32.1 Å². The minimum Gasteiger partial charge on any atom is -0.396 e. The Bertz CT molecular complexity index is 791. The maximum Gasteiger partial charge on any atom is 0.0933 e. The van der Waals surface area contributed by atoms with E-state index in [0.29, 0.717) is 23.2 Å². The lowest BCUT2D eigenvalue weighted by atomic mass is 9.31. The van der Waals surface area contributed by atoms with Crippen molar-refractivity contribution in [3.8, 4) is 0 Å². The second-order valence-corrected chi connectivity index (χ2v) is 15.0. The summed E-state index contributed by atoms with van der Waals surface area (Å²) in [5, 5.41) is 33.5. The highest BCUT2D eigenvalue weighted by molar-refractivity contribution is 5.22. The highest BCUT2D eigenvalue weighted by Gasteiger charge is 2.74. The van der Waals surface area contributed by atoms with Crippen molar-refractivity contribution in [2.75, 3.05) is 6.61 Å². The van der Waals surface area contributed by atoms with E-state index in [-0.39, 0.29) is 28.8 Å². The van der Waals surface area contributed by atoms with Gasteiger partial charge in [-0.15, -0.1) is 0 Å². The van der Waals surface area contributed by atoms with E-state index in [2.05, 4.69) is 41.5 Å². The summed E-state index contributed by atoms with van der Waals surface area (Å²) in [7, 11) is 0. The zero-order valence-electron chi connectivity index (χ0n) is 22.6. The Morgan fingerprint density at radius 1 is 0.697 bits per heavy atom. The quantitative estimate of drug-likeness (QED) is 0.460. The second-order valence-electron chi connectivity index (χ2n) is 15.0. The monoisotopic (exact) mass is 460 g/mol. The summed E-state index contributed by atoms with van der Waals surface area (Å²) in [5.74, 6) is 3.20. The van der Waals surface area contributed by atoms with Gasteiger partial charge in [0.2, 0.25) is 0 Å². The van der Waals surface area contributed by atoms with Gasteiger partial charge in [-0.2, -0.15) is 0 Å². The van der Waals surface area contributed by atoms with Gasteiger partial charge in [-0.1, -0.05) is 41.5 Å². The van der Waals surface area contributed by atoms with Gasteiger partial charge in [0.25, 0.3) is 0 Å². The fraction of sp³-hybridized carbons (Fsp3) is 1.00. The lowest BCUT2D eigenvalue weighted by Gasteiger charge is -2.74. The first-order valence-corrected chi connectivity index (χ1v) is 14.3. The van der Waals surface area contributed by atoms with Crippen molar-refractivity contribution in [2.45, 2.75) is 124 Å². The van der Waals surface area contributed by atoms with Gasteiger partial charge in [0.1, 0.15) is 0 Å². The lowest BCUT2D eigenvalue weighted by Crippen LogP contribution is -2.71. The van der Waals surface area contributed by atoms with Gasteiger partial charge in [0.15, 0.2) is 0 Å². The molecule has 5 aliphatic rings. The molecule has 3 heteroatoms. The zero-order chi connectivity index (χ0) is 24.2. The summed E-state index contributed by atoms with van der Waals surface area (Å²) in [6.45, 7) is 17.1. The molecule has 0 aromatic heterocycles. The van der Waals surface area contributed by atoms with Gasteiger partial charge in [-0.05, 0) is 117 Å². The van der Waals surface area contributed by atoms with Crippen LogP contribution in [0.2, 0.25) is 0 Å². The molecule has 5 aliphatic carbocycles. The Morgan fingerprint density at radius 2 is 1.27 bits per heavy atom. The van der Waals surface area contributed by atoms with Crippen molar-refractivity contribution in [3.05, 3.63) is 0 Å². The number of hydrogen-bond donors (Lipinski definition) is 3. The molecule has 5 fully saturated rings. The van der Waals surface area contributed by atoms with Crippen LogP contribution in [0.4, 0.5) is 0 Å². The average molecular weight is 461 g/mol. The van der Waals surface area contributed by atoms with Crippen LogP contribution in [0.3, 0.4) is 0 Å². The zero-order valence-corrected chi connectivity index (χ0v) is 22.6. The SMILES string of the molecule is CC(C)[C@H]1CC[C@@H]2[C@]1(C)CC[C@]1(C)[C@H]3CC[C@@]4(C)[C@@H](CC[C@H](O)[C@@]4(C)O)[C@]3(CO)CC[C@@]21C. The molecule has 5 saturated carbocycles. The summed E-state index contributed by atoms with van der Waals surface area (Å²) >= 11 is 0. The third kappa shape index (κ3) is 2.69. The molecule has 3 nitrogen and oxygen atoms in total. The van der Waals surface area contributed by atoms with Gasteiger partial charge >= 0.3 is 0 Å². The van der Waals surface area contributed by atoms with Crippen molar-refractivity contribution >= 4 is 0 Å². The number of aliphatic hydroxyl groups is 3. The van der Waals surface area contributed by atoms with Gasteiger partial charge in [-0.3, -0.25) is 0 Å². The molecule has 3 N–H and O–H groups in total. The summed E-state index contributed by atoms with van der Waals surface area (Å²) in [6, 6.07) is 0. The Labute approximate surface area is 203 Å². The number of hydrogen-bond acceptors (Lipinski definition) is 3. The highest BCUT2D eigenvalue weighted by Crippen LogP contribution is 2.79. The molecule has 190 valence electrons. The van der Waals surface area contributed by atoms with Crippen LogP contribution in [-0.4, -0.2) is 33.6 Å². The van der Waals surface area contributed by atoms with Crippen molar-refractivity contribution in [1.29, 1.82) is 0 Å². The van der Waals surface area contributed by atoms with E-state index in [4.69, 9.17) is 0 Å². The smallest absolute Gasteiger partial charge is 0.0933 e. The molecular weight excluding hydrogens is 408 g/mol. The first-order chi connectivity index (χ1) is 15.2. The Morgan fingerprint density at radius 3 is 1.91 bits per heavy atom. The van der Waals surface area contributed by atoms with Crippen LogP contribution in [0.5, 0.6) is 0 Å². The number of fused-ring (bicyclic) bond motifs is 7. The van der Waals surface area contributed by atoms with E-state index < -0.39 is 11.7 Å². The molecule has 0 saturated heterocycles. The van der Waals surface area contributed by atoms with E-state index in [1.807, 2.05) is 6.92 Å². The van der Waals surface area contributed by atoms with Crippen molar-refractivity contribution < 1.29 is 15.3 Å². The van der Waals surface area contributed by atoms with Crippen molar-refractivity contribution in [1.82, 2.24) is 0 Å². The molecule has 5 rings (SSSR count). The topological polar surface area (TPSA) is 60.7 Å². The highest BCUT2D eigenvalue weighted by atomic mass is 16.3. The van der Waals surface area contributed by atoms with E-state index in [9.17, 15) is 15.3 Å². The molecule has 0 heterocycles. The van der Waals surface area contributed by atoms with E-state index in [1.54, 1.807) is 0 Å². The normalized spacial score (nSPS) is 60.6. The van der Waals surface area contributed by atoms with Crippen LogP contribution in [0, 0.1) is 56.7 Å². The molecule has 0 spiro atoms. The van der Waals surface area contributed by atoms with Crippen molar-refractivity contribution in [3.63, 3.8) is 0 Å². The van der Waals surface area contributed by atoms with E-state index in [0.717, 1.165) is 43.4 Å². The summed E-state index contributed by atoms with van der Waals surface area (Å²) in [4.78, 5) is 0. The van der Waals surface area contributed by atoms with Crippen LogP contribution in [0.15, 0.2) is 0 Å². The fourth-order valence-electron chi connectivity index (χ4n) is 12.1. The summed E-state index contributed by atoms with van der Waals surface area (Å²) in [6.07, 6.45) is 10.7. The Balaban J connectivity index is 1.56. The molecule has 0 aliphatic heterocycles. The van der Waals surface area contributed by atoms with Crippen LogP contribution >= 0.6 is 0 Å². The summed E-state index contributed by atoms with van der Waals surface area (Å²) < 4.78 is 0. The number of rotatable bonds is 2. The predicted molar refractivity (Wildman–Crippen MR) is 134 cm³/mol. The van der Waals surface area contributed by atoms with Crippen LogP contribution in [-0.2, 0) is 0 Å². The van der Waals surface area contributed by atoms with Gasteiger partial charge < -0.3 is 15.3 Å². The van der Waals surface area contributed by atoms with E-state index >= 15 is 0 Å². The largest absolute Gasteiger partial charge is 0.396 e. The van der Waals surface area contributed by atoms with Gasteiger partial charge in [0.05, 0.1) is 11.7 Å². The third-order valence-corrected chi connectivity index (χ3v) is 14.3. The van der Waals surface area contributed by atoms with Gasteiger partial charge in [-0.25, -0.2) is 0 Å². The Hall–Kier alpha value is -0.120. The predicted octanol–water partition coefficient (Wildman–Crippen LogP) is 6.19. The van der Waals surface area contributed by atoms with Crippen molar-refractivity contribution in [2.24, 2.45) is 56.7 Å². The first-order valence-electron chi connectivity index (χ1n) is 14.3. The van der Waals surface area contributed by atoms with Crippen LogP contribution in [0.25, 0.3) is 0 Å². The van der Waals surface area contributed by atoms with Crippen LogP contribution < -0.4 is 0 Å². The lowest BCUT2D eigenvalue weighted by molar-refractivity contribution is -0.293. The second kappa shape index (κ2) is 7.22. The maximum atomic E-state index is 11.6. The minimum absolute atomic E-state index is 0.116. The fourth-order valence-corrected chi connectivity index (χ4v) is 12.1. The van der Waals surface area contributed by atoms with Crippen LogP contribution in [0.1, 0.15) is 113 Å². The standard InChI is InChI=1S/C30H52O3/c1-19(2)20-8-9-21-25(20,3)14-15-27(5)23-12-13-28(6)22(10-11-24(32)29(28,7)33)30(23,18-31)17-16-26(21,27)4/h19-24,31-33H,8-18H2,1-7H3/t20-,21-,22-,23-,24+,25-,26+,27-,28+,29-,30-/m1/s1. The third-order valence-electron chi connectivity index (χ3n) is 14.3. The molecule has 11 atom stereocenters. The molecular formula is C30H52O3. The molecule has 0 aromatic rings. The summed E-state index contributed by atoms with van der Waals surface area (Å²) in [5.41, 5.74) is -0.484. The molecule has 0 unspecified atom stereocenters. The first kappa shape index (κ1) is 24.6. The molecule has 0 amide bonds. The Kier molecular flexibility index (Phi) is 5.38. The number of aliphatic hydroxyl groups excluding tert-OH is 2. The van der Waals surface area contributed by atoms with Gasteiger partial charge in [0, 0.05) is 17.4 Å². The molecule has 33 heavy (non-hydrogen) atoms. The molecule has 0 bridgehead atoms. The maximum absolute atomic E-state index is 11.6. The minimum atomic E-state index is -1.08. The molecule has 0 radical (unpaired) electrons. The average Bonchev–Trinajstić information content (AvgIpc) is 3.11. The molecule has 0 aromatic carbocycles.